The molecule has 2 heterocycles. The lowest BCUT2D eigenvalue weighted by Crippen LogP contribution is -2.16. The van der Waals surface area contributed by atoms with Gasteiger partial charge < -0.3 is 0 Å². The number of rotatable bonds is 2. The minimum atomic E-state index is 0.255. The number of aromatic nitrogens is 3. The molecule has 2 aromatic heterocycles. The fraction of sp³-hybridized carbons (Fsp3) is 0.438. The van der Waals surface area contributed by atoms with Crippen LogP contribution in [0.25, 0.3) is 0 Å². The highest BCUT2D eigenvalue weighted by atomic mass is 35.5. The van der Waals surface area contributed by atoms with Crippen LogP contribution >= 0.6 is 11.6 Å². The average molecular weight is 288 g/mol. The summed E-state index contributed by atoms with van der Waals surface area (Å²) in [6.45, 7) is 4.06. The lowest BCUT2D eigenvalue weighted by atomic mass is 9.83. The zero-order chi connectivity index (χ0) is 14.1. The molecule has 0 radical (unpaired) electrons. The topological polar surface area (TPSA) is 38.7 Å². The second-order valence-corrected chi connectivity index (χ2v) is 5.65. The first-order valence-corrected chi connectivity index (χ1v) is 7.55. The first-order valence-electron chi connectivity index (χ1n) is 7.17. The highest BCUT2D eigenvalue weighted by Crippen LogP contribution is 2.36. The minimum Gasteiger partial charge on any atom is -0.260 e. The number of hydrogen-bond donors (Lipinski definition) is 0. The number of pyridine rings is 1. The van der Waals surface area contributed by atoms with Crippen molar-refractivity contribution in [2.24, 2.45) is 0 Å². The van der Waals surface area contributed by atoms with Crippen molar-refractivity contribution in [3.8, 4) is 0 Å². The summed E-state index contributed by atoms with van der Waals surface area (Å²) in [5, 5.41) is 0.579. The molecule has 0 aliphatic heterocycles. The molecule has 0 fully saturated rings. The Labute approximate surface area is 124 Å². The predicted octanol–water partition coefficient (Wildman–Crippen LogP) is 3.86. The van der Waals surface area contributed by atoms with Crippen LogP contribution in [0.2, 0.25) is 5.15 Å². The average Bonchev–Trinajstić information content (AvgIpc) is 2.49. The van der Waals surface area contributed by atoms with Crippen LogP contribution in [-0.2, 0) is 12.8 Å². The Bertz CT molecular complexity index is 640. The molecule has 0 N–H and O–H groups in total. The van der Waals surface area contributed by atoms with E-state index in [1.807, 2.05) is 19.2 Å². The van der Waals surface area contributed by atoms with Crippen LogP contribution in [0.4, 0.5) is 0 Å². The van der Waals surface area contributed by atoms with Gasteiger partial charge in [-0.05, 0) is 37.8 Å². The van der Waals surface area contributed by atoms with Gasteiger partial charge >= 0.3 is 0 Å². The van der Waals surface area contributed by atoms with Crippen molar-refractivity contribution in [2.75, 3.05) is 0 Å². The monoisotopic (exact) mass is 287 g/mol. The molecular weight excluding hydrogens is 270 g/mol. The van der Waals surface area contributed by atoms with Crippen LogP contribution in [-0.4, -0.2) is 15.0 Å². The van der Waals surface area contributed by atoms with Gasteiger partial charge in [0.15, 0.2) is 0 Å². The Kier molecular flexibility index (Phi) is 3.70. The molecule has 0 spiro atoms. The van der Waals surface area contributed by atoms with E-state index in [0.717, 1.165) is 36.3 Å². The summed E-state index contributed by atoms with van der Waals surface area (Å²) in [6.07, 6.45) is 6.04. The molecule has 0 bridgehead atoms. The molecule has 2 aromatic rings. The highest BCUT2D eigenvalue weighted by molar-refractivity contribution is 6.30. The molecule has 1 unspecified atom stereocenters. The Balaban J connectivity index is 2.13. The van der Waals surface area contributed by atoms with E-state index < -0.39 is 0 Å². The molecule has 0 aromatic carbocycles. The Morgan fingerprint density at radius 2 is 2.15 bits per heavy atom. The minimum absolute atomic E-state index is 0.255. The Hall–Kier alpha value is -1.48. The summed E-state index contributed by atoms with van der Waals surface area (Å²) in [5.74, 6) is 1.07. The zero-order valence-electron chi connectivity index (χ0n) is 11.9. The summed E-state index contributed by atoms with van der Waals surface area (Å²) < 4.78 is 0. The maximum atomic E-state index is 6.27. The third-order valence-electron chi connectivity index (χ3n) is 4.01. The number of aryl methyl sites for hydroxylation is 2. The maximum absolute atomic E-state index is 6.27. The fourth-order valence-electron chi connectivity index (χ4n) is 2.92. The third kappa shape index (κ3) is 2.31. The molecule has 0 amide bonds. The summed E-state index contributed by atoms with van der Waals surface area (Å²) in [7, 11) is 0. The number of halogens is 1. The summed E-state index contributed by atoms with van der Waals surface area (Å²) in [4.78, 5) is 13.7. The van der Waals surface area contributed by atoms with E-state index in [1.165, 1.54) is 17.7 Å². The summed E-state index contributed by atoms with van der Waals surface area (Å²) in [6, 6.07) is 4.19. The SMILES string of the molecule is CCc1nc(Cl)c(C)c(C2CCCc3cccnc32)n1. The third-order valence-corrected chi connectivity index (χ3v) is 4.38. The Morgan fingerprint density at radius 3 is 2.95 bits per heavy atom. The van der Waals surface area contributed by atoms with Gasteiger partial charge in [0, 0.05) is 24.1 Å². The van der Waals surface area contributed by atoms with Gasteiger partial charge in [0.25, 0.3) is 0 Å². The lowest BCUT2D eigenvalue weighted by Gasteiger charge is -2.25. The quantitative estimate of drug-likeness (QED) is 0.787. The van der Waals surface area contributed by atoms with Crippen LogP contribution in [0.5, 0.6) is 0 Å². The predicted molar refractivity (Wildman–Crippen MR) is 80.2 cm³/mol. The van der Waals surface area contributed by atoms with Crippen molar-refractivity contribution in [3.05, 3.63) is 51.8 Å². The van der Waals surface area contributed by atoms with Crippen molar-refractivity contribution in [3.63, 3.8) is 0 Å². The van der Waals surface area contributed by atoms with E-state index in [4.69, 9.17) is 16.6 Å². The summed E-state index contributed by atoms with van der Waals surface area (Å²) in [5.41, 5.74) is 4.56. The molecule has 0 saturated carbocycles. The van der Waals surface area contributed by atoms with E-state index in [-0.39, 0.29) is 5.92 Å². The molecular formula is C16H18ClN3. The zero-order valence-corrected chi connectivity index (χ0v) is 12.6. The first-order chi connectivity index (χ1) is 9.70. The van der Waals surface area contributed by atoms with Crippen LogP contribution in [0.15, 0.2) is 18.3 Å². The van der Waals surface area contributed by atoms with E-state index in [1.54, 1.807) is 0 Å². The lowest BCUT2D eigenvalue weighted by molar-refractivity contribution is 0.581. The van der Waals surface area contributed by atoms with Crippen LogP contribution in [0.3, 0.4) is 0 Å². The van der Waals surface area contributed by atoms with Gasteiger partial charge in [0.1, 0.15) is 11.0 Å². The molecule has 20 heavy (non-hydrogen) atoms. The largest absolute Gasteiger partial charge is 0.260 e. The van der Waals surface area contributed by atoms with Crippen molar-refractivity contribution in [1.82, 2.24) is 15.0 Å². The second-order valence-electron chi connectivity index (χ2n) is 5.29. The molecule has 4 heteroatoms. The maximum Gasteiger partial charge on any atom is 0.135 e. The van der Waals surface area contributed by atoms with Gasteiger partial charge in [0.05, 0.1) is 11.4 Å². The van der Waals surface area contributed by atoms with Gasteiger partial charge in [0.2, 0.25) is 0 Å². The standard InChI is InChI=1S/C16H18ClN3/c1-3-13-19-14(10(2)16(17)20-13)12-8-4-6-11-7-5-9-18-15(11)12/h5,7,9,12H,3-4,6,8H2,1-2H3. The number of hydrogen-bond acceptors (Lipinski definition) is 3. The van der Waals surface area contributed by atoms with Crippen molar-refractivity contribution >= 4 is 11.6 Å². The van der Waals surface area contributed by atoms with Gasteiger partial charge in [-0.25, -0.2) is 9.97 Å². The molecule has 1 atom stereocenters. The highest BCUT2D eigenvalue weighted by Gasteiger charge is 2.26. The van der Waals surface area contributed by atoms with Gasteiger partial charge in [-0.2, -0.15) is 0 Å². The normalized spacial score (nSPS) is 17.9. The molecule has 104 valence electrons. The number of nitrogens with zero attached hydrogens (tertiary/aromatic N) is 3. The van der Waals surface area contributed by atoms with E-state index in [0.29, 0.717) is 5.15 Å². The van der Waals surface area contributed by atoms with Crippen LogP contribution < -0.4 is 0 Å². The van der Waals surface area contributed by atoms with Crippen LogP contribution in [0.1, 0.15) is 54.0 Å². The Morgan fingerprint density at radius 1 is 1.30 bits per heavy atom. The van der Waals surface area contributed by atoms with Crippen molar-refractivity contribution in [1.29, 1.82) is 0 Å². The molecule has 0 saturated heterocycles. The first kappa shape index (κ1) is 13.5. The van der Waals surface area contributed by atoms with Gasteiger partial charge in [-0.15, -0.1) is 0 Å². The van der Waals surface area contributed by atoms with E-state index >= 15 is 0 Å². The van der Waals surface area contributed by atoms with Crippen molar-refractivity contribution < 1.29 is 0 Å². The summed E-state index contributed by atoms with van der Waals surface area (Å²) >= 11 is 6.27. The fourth-order valence-corrected chi connectivity index (χ4v) is 3.12. The van der Waals surface area contributed by atoms with Gasteiger partial charge in [-0.3, -0.25) is 4.98 Å². The smallest absolute Gasteiger partial charge is 0.135 e. The van der Waals surface area contributed by atoms with Crippen LogP contribution in [0, 0.1) is 6.92 Å². The molecule has 1 aliphatic carbocycles. The van der Waals surface area contributed by atoms with Crippen molar-refractivity contribution in [2.45, 2.75) is 45.4 Å². The second kappa shape index (κ2) is 5.49. The molecule has 3 nitrogen and oxygen atoms in total. The molecule has 1 aliphatic rings. The van der Waals surface area contributed by atoms with Gasteiger partial charge in [-0.1, -0.05) is 24.6 Å². The molecule has 3 rings (SSSR count). The number of fused-ring (bicyclic) bond motifs is 1. The van der Waals surface area contributed by atoms with E-state index in [2.05, 4.69) is 23.0 Å². The van der Waals surface area contributed by atoms with E-state index in [9.17, 15) is 0 Å².